The Hall–Kier alpha value is -1.58. The van der Waals surface area contributed by atoms with E-state index in [4.69, 9.17) is 0 Å². The third kappa shape index (κ3) is 0.798. The van der Waals surface area contributed by atoms with Gasteiger partial charge in [0.1, 0.15) is 0 Å². The molecule has 0 saturated carbocycles. The van der Waals surface area contributed by atoms with Gasteiger partial charge in [-0.2, -0.15) is 0 Å². The van der Waals surface area contributed by atoms with Crippen LogP contribution in [0.15, 0.2) is 12.4 Å². The molecule has 0 aromatic carbocycles. The minimum Gasteiger partial charge on any atom is -0.494 e. The lowest BCUT2D eigenvalue weighted by Gasteiger charge is -2.03. The van der Waals surface area contributed by atoms with E-state index < -0.39 is 0 Å². The van der Waals surface area contributed by atoms with E-state index in [9.17, 15) is 5.11 Å². The van der Waals surface area contributed by atoms with Crippen LogP contribution in [0.1, 0.15) is 17.7 Å². The van der Waals surface area contributed by atoms with Crippen molar-refractivity contribution in [3.8, 4) is 5.88 Å². The first kappa shape index (κ1) is 6.88. The van der Waals surface area contributed by atoms with Gasteiger partial charge in [-0.25, -0.2) is 9.97 Å². The van der Waals surface area contributed by atoms with Crippen LogP contribution in [-0.4, -0.2) is 19.5 Å². The average Bonchev–Trinajstić information content (AvgIpc) is 2.71. The largest absolute Gasteiger partial charge is 0.494 e. The van der Waals surface area contributed by atoms with Crippen molar-refractivity contribution < 1.29 is 5.11 Å². The number of fused-ring (bicyclic) bond motifs is 2. The van der Waals surface area contributed by atoms with E-state index in [1.165, 1.54) is 0 Å². The molecular weight excluding hydrogens is 166 g/mol. The van der Waals surface area contributed by atoms with E-state index in [2.05, 4.69) is 9.97 Å². The zero-order valence-electron chi connectivity index (χ0n) is 7.06. The highest BCUT2D eigenvalue weighted by Crippen LogP contribution is 2.28. The highest BCUT2D eigenvalue weighted by molar-refractivity contribution is 5.43. The Morgan fingerprint density at radius 2 is 2.31 bits per heavy atom. The molecule has 0 radical (unpaired) electrons. The summed E-state index contributed by atoms with van der Waals surface area (Å²) < 4.78 is 1.63. The molecule has 0 aliphatic heterocycles. The highest BCUT2D eigenvalue weighted by atomic mass is 16.3. The summed E-state index contributed by atoms with van der Waals surface area (Å²) in [5, 5.41) is 9.84. The van der Waals surface area contributed by atoms with Crippen molar-refractivity contribution in [2.75, 3.05) is 0 Å². The minimum absolute atomic E-state index is 0.315. The van der Waals surface area contributed by atoms with Gasteiger partial charge in [-0.1, -0.05) is 0 Å². The summed E-state index contributed by atoms with van der Waals surface area (Å²) in [5.41, 5.74) is 2.00. The van der Waals surface area contributed by atoms with Gasteiger partial charge in [-0.05, 0) is 19.3 Å². The molecule has 0 fully saturated rings. The molecular formula is C9H9N3O. The van der Waals surface area contributed by atoms with Gasteiger partial charge in [0, 0.05) is 18.0 Å². The smallest absolute Gasteiger partial charge is 0.236 e. The lowest BCUT2D eigenvalue weighted by atomic mass is 10.2. The molecule has 66 valence electrons. The van der Waals surface area contributed by atoms with Crippen LogP contribution in [0.2, 0.25) is 0 Å². The number of imidazole rings is 1. The van der Waals surface area contributed by atoms with Crippen LogP contribution in [0.5, 0.6) is 5.88 Å². The standard InChI is InChI=1S/C9H9N3O/c13-8-6-2-1-3-7(6)11-9-10-4-5-12(8)9/h4-5,13H,1-3H2. The van der Waals surface area contributed by atoms with E-state index in [1.54, 1.807) is 16.8 Å². The number of rotatable bonds is 0. The zero-order valence-corrected chi connectivity index (χ0v) is 7.06. The van der Waals surface area contributed by atoms with Crippen LogP contribution in [0, 0.1) is 0 Å². The highest BCUT2D eigenvalue weighted by Gasteiger charge is 2.19. The Bertz CT molecular complexity index is 475. The minimum atomic E-state index is 0.315. The number of aromatic nitrogens is 3. The first-order valence-corrected chi connectivity index (χ1v) is 4.40. The summed E-state index contributed by atoms with van der Waals surface area (Å²) >= 11 is 0. The fraction of sp³-hybridized carbons (Fsp3) is 0.333. The lowest BCUT2D eigenvalue weighted by Crippen LogP contribution is -1.96. The van der Waals surface area contributed by atoms with Crippen molar-refractivity contribution in [2.24, 2.45) is 0 Å². The summed E-state index contributed by atoms with van der Waals surface area (Å²) in [5.74, 6) is 0.910. The van der Waals surface area contributed by atoms with Gasteiger partial charge >= 0.3 is 0 Å². The topological polar surface area (TPSA) is 50.4 Å². The van der Waals surface area contributed by atoms with Crippen molar-refractivity contribution in [2.45, 2.75) is 19.3 Å². The summed E-state index contributed by atoms with van der Waals surface area (Å²) in [6.07, 6.45) is 6.37. The molecule has 1 N–H and O–H groups in total. The first-order valence-electron chi connectivity index (χ1n) is 4.40. The molecule has 4 nitrogen and oxygen atoms in total. The predicted molar refractivity (Wildman–Crippen MR) is 46.7 cm³/mol. The van der Waals surface area contributed by atoms with Gasteiger partial charge in [-0.3, -0.25) is 4.40 Å². The normalized spacial score (nSPS) is 15.1. The van der Waals surface area contributed by atoms with E-state index in [1.807, 2.05) is 0 Å². The molecule has 0 unspecified atom stereocenters. The molecule has 4 heteroatoms. The van der Waals surface area contributed by atoms with Gasteiger partial charge in [0.05, 0.1) is 5.69 Å². The quantitative estimate of drug-likeness (QED) is 0.647. The van der Waals surface area contributed by atoms with Crippen molar-refractivity contribution >= 4 is 5.78 Å². The Kier molecular flexibility index (Phi) is 1.17. The maximum absolute atomic E-state index is 9.84. The molecule has 0 atom stereocenters. The third-order valence-corrected chi connectivity index (χ3v) is 2.54. The molecule has 0 bridgehead atoms. The van der Waals surface area contributed by atoms with Crippen LogP contribution >= 0.6 is 0 Å². The Morgan fingerprint density at radius 3 is 3.23 bits per heavy atom. The Balaban J connectivity index is 2.45. The zero-order chi connectivity index (χ0) is 8.84. The van der Waals surface area contributed by atoms with Crippen LogP contribution in [-0.2, 0) is 12.8 Å². The van der Waals surface area contributed by atoms with E-state index >= 15 is 0 Å². The van der Waals surface area contributed by atoms with Gasteiger partial charge in [0.2, 0.25) is 11.7 Å². The summed E-state index contributed by atoms with van der Waals surface area (Å²) in [4.78, 5) is 8.42. The van der Waals surface area contributed by atoms with Crippen molar-refractivity contribution in [3.63, 3.8) is 0 Å². The molecule has 1 aliphatic carbocycles. The van der Waals surface area contributed by atoms with Crippen LogP contribution in [0.3, 0.4) is 0 Å². The fourth-order valence-corrected chi connectivity index (χ4v) is 1.90. The van der Waals surface area contributed by atoms with Crippen LogP contribution < -0.4 is 0 Å². The number of hydrogen-bond donors (Lipinski definition) is 1. The molecule has 2 heterocycles. The van der Waals surface area contributed by atoms with Crippen molar-refractivity contribution in [3.05, 3.63) is 23.7 Å². The number of nitrogens with zero attached hydrogens (tertiary/aromatic N) is 3. The van der Waals surface area contributed by atoms with Crippen LogP contribution in [0.25, 0.3) is 5.78 Å². The lowest BCUT2D eigenvalue weighted by molar-refractivity contribution is 0.438. The number of hydrogen-bond acceptors (Lipinski definition) is 3. The summed E-state index contributed by atoms with van der Waals surface area (Å²) in [6, 6.07) is 0. The monoisotopic (exact) mass is 175 g/mol. The third-order valence-electron chi connectivity index (χ3n) is 2.54. The second kappa shape index (κ2) is 2.22. The second-order valence-electron chi connectivity index (χ2n) is 3.31. The van der Waals surface area contributed by atoms with Gasteiger partial charge in [0.15, 0.2) is 0 Å². The molecule has 0 saturated heterocycles. The van der Waals surface area contributed by atoms with Crippen molar-refractivity contribution in [1.82, 2.24) is 14.4 Å². The average molecular weight is 175 g/mol. The van der Waals surface area contributed by atoms with Crippen molar-refractivity contribution in [1.29, 1.82) is 0 Å². The Morgan fingerprint density at radius 1 is 1.38 bits per heavy atom. The molecule has 2 aromatic rings. The number of aryl methyl sites for hydroxylation is 1. The molecule has 2 aromatic heterocycles. The maximum Gasteiger partial charge on any atom is 0.236 e. The number of aromatic hydroxyl groups is 1. The molecule has 0 amide bonds. The Labute approximate surface area is 74.9 Å². The summed E-state index contributed by atoms with van der Waals surface area (Å²) in [6.45, 7) is 0. The van der Waals surface area contributed by atoms with E-state index in [0.29, 0.717) is 11.7 Å². The first-order chi connectivity index (χ1) is 6.36. The van der Waals surface area contributed by atoms with Crippen LogP contribution in [0.4, 0.5) is 0 Å². The van der Waals surface area contributed by atoms with Gasteiger partial charge in [0.25, 0.3) is 0 Å². The SMILES string of the molecule is Oc1c2c(nc3nccn13)CCC2. The fourth-order valence-electron chi connectivity index (χ4n) is 1.90. The molecule has 1 aliphatic rings. The summed E-state index contributed by atoms with van der Waals surface area (Å²) in [7, 11) is 0. The van der Waals surface area contributed by atoms with Gasteiger partial charge in [-0.15, -0.1) is 0 Å². The van der Waals surface area contributed by atoms with E-state index in [-0.39, 0.29) is 0 Å². The predicted octanol–water partition coefficient (Wildman–Crippen LogP) is 0.924. The maximum atomic E-state index is 9.84. The molecule has 0 spiro atoms. The second-order valence-corrected chi connectivity index (χ2v) is 3.31. The molecule has 13 heavy (non-hydrogen) atoms. The van der Waals surface area contributed by atoms with E-state index in [0.717, 1.165) is 30.5 Å². The van der Waals surface area contributed by atoms with Gasteiger partial charge < -0.3 is 5.11 Å². The molecule has 3 rings (SSSR count).